The highest BCUT2D eigenvalue weighted by Gasteiger charge is 2.15. The van der Waals surface area contributed by atoms with E-state index in [1.165, 1.54) is 32.1 Å². The molecule has 0 radical (unpaired) electrons. The molecular weight excluding hydrogens is 214 g/mol. The Kier molecular flexibility index (Phi) is 3.90. The Balaban J connectivity index is 2.21. The zero-order valence-corrected chi connectivity index (χ0v) is 10.0. The smallest absolute Gasteiger partial charge is 0.162 e. The van der Waals surface area contributed by atoms with E-state index in [9.17, 15) is 0 Å². The van der Waals surface area contributed by atoms with Crippen LogP contribution in [-0.4, -0.2) is 29.1 Å². The van der Waals surface area contributed by atoms with Gasteiger partial charge in [-0.25, -0.2) is 0 Å². The van der Waals surface area contributed by atoms with Crippen molar-refractivity contribution < 1.29 is 0 Å². The Hall–Kier alpha value is -1.65. The first-order chi connectivity index (χ1) is 8.29. The van der Waals surface area contributed by atoms with Crippen LogP contribution in [0.2, 0.25) is 0 Å². The first-order valence-corrected chi connectivity index (χ1v) is 6.20. The molecule has 17 heavy (non-hydrogen) atoms. The fourth-order valence-electron chi connectivity index (χ4n) is 2.23. The largest absolute Gasteiger partial charge is 0.384 e. The van der Waals surface area contributed by atoms with E-state index in [2.05, 4.69) is 15.1 Å². The number of nitrogen functional groups attached to an aromatic ring is 1. The van der Waals surface area contributed by atoms with Gasteiger partial charge in [-0.3, -0.25) is 5.41 Å². The molecule has 5 heteroatoms. The molecule has 0 aromatic carbocycles. The van der Waals surface area contributed by atoms with Crippen molar-refractivity contribution in [3.05, 3.63) is 17.8 Å². The molecule has 5 nitrogen and oxygen atoms in total. The molecule has 1 aromatic rings. The molecule has 92 valence electrons. The first-order valence-electron chi connectivity index (χ1n) is 6.20. The number of hydrogen-bond acceptors (Lipinski definition) is 4. The number of anilines is 1. The average Bonchev–Trinajstić information content (AvgIpc) is 2.28. The van der Waals surface area contributed by atoms with Crippen LogP contribution in [0.3, 0.4) is 0 Å². The van der Waals surface area contributed by atoms with E-state index in [1.807, 2.05) is 0 Å². The predicted molar refractivity (Wildman–Crippen MR) is 68.3 cm³/mol. The summed E-state index contributed by atoms with van der Waals surface area (Å²) in [7, 11) is 0. The highest BCUT2D eigenvalue weighted by atomic mass is 15.3. The van der Waals surface area contributed by atoms with Gasteiger partial charge in [0.15, 0.2) is 5.82 Å². The van der Waals surface area contributed by atoms with E-state index in [1.54, 1.807) is 12.3 Å². The third-order valence-electron chi connectivity index (χ3n) is 3.15. The van der Waals surface area contributed by atoms with E-state index in [4.69, 9.17) is 11.1 Å². The van der Waals surface area contributed by atoms with Gasteiger partial charge in [0.05, 0.1) is 11.8 Å². The number of nitrogens with zero attached hydrogens (tertiary/aromatic N) is 3. The van der Waals surface area contributed by atoms with Crippen LogP contribution in [0.5, 0.6) is 0 Å². The molecule has 1 aromatic heterocycles. The first kappa shape index (κ1) is 11.8. The molecule has 3 N–H and O–H groups in total. The van der Waals surface area contributed by atoms with Gasteiger partial charge in [-0.05, 0) is 18.9 Å². The van der Waals surface area contributed by atoms with Crippen LogP contribution in [-0.2, 0) is 0 Å². The predicted octanol–water partition coefficient (Wildman–Crippen LogP) is 1.53. The third kappa shape index (κ3) is 2.93. The van der Waals surface area contributed by atoms with Crippen LogP contribution in [0.15, 0.2) is 12.3 Å². The summed E-state index contributed by atoms with van der Waals surface area (Å²) in [6.45, 7) is 1.97. The Morgan fingerprint density at radius 3 is 2.47 bits per heavy atom. The zero-order chi connectivity index (χ0) is 12.1. The Morgan fingerprint density at radius 1 is 1.18 bits per heavy atom. The second-order valence-electron chi connectivity index (χ2n) is 4.44. The highest BCUT2D eigenvalue weighted by Crippen LogP contribution is 2.19. The van der Waals surface area contributed by atoms with Crippen LogP contribution in [0, 0.1) is 5.41 Å². The van der Waals surface area contributed by atoms with Gasteiger partial charge in [0.25, 0.3) is 0 Å². The maximum absolute atomic E-state index is 7.58. The van der Waals surface area contributed by atoms with Crippen molar-refractivity contribution in [3.63, 3.8) is 0 Å². The highest BCUT2D eigenvalue weighted by molar-refractivity contribution is 5.99. The molecule has 0 spiro atoms. The van der Waals surface area contributed by atoms with Gasteiger partial charge in [-0.2, -0.15) is 5.10 Å². The summed E-state index contributed by atoms with van der Waals surface area (Å²) < 4.78 is 0. The summed E-state index contributed by atoms with van der Waals surface area (Å²) in [5, 5.41) is 15.6. The Morgan fingerprint density at radius 2 is 1.82 bits per heavy atom. The lowest BCUT2D eigenvalue weighted by Crippen LogP contribution is -2.30. The fraction of sp³-hybridized carbons (Fsp3) is 0.583. The lowest BCUT2D eigenvalue weighted by atomic mass is 10.1. The van der Waals surface area contributed by atoms with Gasteiger partial charge in [-0.15, -0.1) is 5.10 Å². The number of aromatic nitrogens is 2. The molecule has 2 rings (SSSR count). The van der Waals surface area contributed by atoms with Gasteiger partial charge in [-0.1, -0.05) is 19.3 Å². The third-order valence-corrected chi connectivity index (χ3v) is 3.15. The van der Waals surface area contributed by atoms with Crippen molar-refractivity contribution in [1.29, 1.82) is 5.41 Å². The summed E-state index contributed by atoms with van der Waals surface area (Å²) in [5.41, 5.74) is 6.27. The molecule has 1 aliphatic rings. The van der Waals surface area contributed by atoms with Crippen molar-refractivity contribution >= 4 is 11.7 Å². The maximum atomic E-state index is 7.58. The monoisotopic (exact) mass is 233 g/mol. The topological polar surface area (TPSA) is 78.9 Å². The minimum Gasteiger partial charge on any atom is -0.384 e. The second-order valence-corrected chi connectivity index (χ2v) is 4.44. The summed E-state index contributed by atoms with van der Waals surface area (Å²) in [5.74, 6) is 0.832. The molecule has 1 fully saturated rings. The van der Waals surface area contributed by atoms with Gasteiger partial charge in [0, 0.05) is 13.1 Å². The van der Waals surface area contributed by atoms with Crippen LogP contribution >= 0.6 is 0 Å². The molecule has 0 atom stereocenters. The number of nitrogens with one attached hydrogen (secondary N) is 1. The van der Waals surface area contributed by atoms with E-state index < -0.39 is 0 Å². The summed E-state index contributed by atoms with van der Waals surface area (Å²) in [6, 6.07) is 1.77. The minimum absolute atomic E-state index is 0.0666. The number of amidine groups is 1. The Bertz CT molecular complexity index is 382. The summed E-state index contributed by atoms with van der Waals surface area (Å²) >= 11 is 0. The number of nitrogens with two attached hydrogens (primary N) is 1. The molecule has 2 heterocycles. The van der Waals surface area contributed by atoms with Crippen molar-refractivity contribution in [2.24, 2.45) is 5.73 Å². The van der Waals surface area contributed by atoms with Crippen molar-refractivity contribution in [2.75, 3.05) is 18.0 Å². The maximum Gasteiger partial charge on any atom is 0.162 e. The SMILES string of the molecule is N=C(N)c1ccnnc1N1CCCCCCC1. The number of hydrogen-bond donors (Lipinski definition) is 2. The van der Waals surface area contributed by atoms with Gasteiger partial charge in [0.1, 0.15) is 5.84 Å². The van der Waals surface area contributed by atoms with E-state index in [0.717, 1.165) is 18.9 Å². The van der Waals surface area contributed by atoms with Gasteiger partial charge in [0.2, 0.25) is 0 Å². The lowest BCUT2D eigenvalue weighted by molar-refractivity contribution is 0.552. The lowest BCUT2D eigenvalue weighted by Gasteiger charge is -2.26. The Labute approximate surface area is 102 Å². The van der Waals surface area contributed by atoms with Crippen molar-refractivity contribution in [2.45, 2.75) is 32.1 Å². The number of rotatable bonds is 2. The standard InChI is InChI=1S/C12H19N5/c13-11(14)10-6-7-15-16-12(10)17-8-4-2-1-3-5-9-17/h6-7H,1-5,8-9H2,(H3,13,14). The van der Waals surface area contributed by atoms with Crippen LogP contribution in [0.25, 0.3) is 0 Å². The average molecular weight is 233 g/mol. The van der Waals surface area contributed by atoms with Crippen molar-refractivity contribution in [3.8, 4) is 0 Å². The molecule has 0 unspecified atom stereocenters. The van der Waals surface area contributed by atoms with Crippen LogP contribution in [0.1, 0.15) is 37.7 Å². The minimum atomic E-state index is 0.0666. The van der Waals surface area contributed by atoms with E-state index in [-0.39, 0.29) is 5.84 Å². The van der Waals surface area contributed by atoms with E-state index >= 15 is 0 Å². The summed E-state index contributed by atoms with van der Waals surface area (Å²) in [6.07, 6.45) is 7.80. The molecule has 0 aliphatic carbocycles. The van der Waals surface area contributed by atoms with Gasteiger partial charge < -0.3 is 10.6 Å². The molecule has 0 bridgehead atoms. The quantitative estimate of drug-likeness (QED) is 0.599. The fourth-order valence-corrected chi connectivity index (χ4v) is 2.23. The normalized spacial score (nSPS) is 17.3. The van der Waals surface area contributed by atoms with E-state index in [0.29, 0.717) is 5.56 Å². The second kappa shape index (κ2) is 5.61. The molecule has 1 saturated heterocycles. The molecular formula is C12H19N5. The van der Waals surface area contributed by atoms with Crippen molar-refractivity contribution in [1.82, 2.24) is 10.2 Å². The zero-order valence-electron chi connectivity index (χ0n) is 10.0. The molecule has 0 amide bonds. The van der Waals surface area contributed by atoms with Crippen LogP contribution in [0.4, 0.5) is 5.82 Å². The molecule has 1 aliphatic heterocycles. The van der Waals surface area contributed by atoms with Crippen LogP contribution < -0.4 is 10.6 Å². The molecule has 0 saturated carbocycles. The van der Waals surface area contributed by atoms with Gasteiger partial charge >= 0.3 is 0 Å². The summed E-state index contributed by atoms with van der Waals surface area (Å²) in [4.78, 5) is 2.21.